The number of hydrogen-bond donors (Lipinski definition) is 2. The minimum Gasteiger partial charge on any atom is -0.379 e. The van der Waals surface area contributed by atoms with E-state index in [0.717, 1.165) is 58.4 Å². The van der Waals surface area contributed by atoms with Gasteiger partial charge in [-0.3, -0.25) is 9.89 Å². The molecule has 0 amide bonds. The summed E-state index contributed by atoms with van der Waals surface area (Å²) in [5.74, 6) is 3.30. The number of benzene rings is 1. The number of rotatable bonds is 9. The first-order valence-corrected chi connectivity index (χ1v) is 11.9. The molecule has 2 saturated heterocycles. The van der Waals surface area contributed by atoms with E-state index in [-0.39, 0.29) is 11.6 Å². The normalized spacial score (nSPS) is 24.4. The summed E-state index contributed by atoms with van der Waals surface area (Å²) in [6.07, 6.45) is 2.30. The first kappa shape index (κ1) is 22.4. The zero-order valence-electron chi connectivity index (χ0n) is 17.9. The van der Waals surface area contributed by atoms with Crippen LogP contribution < -0.4 is 10.6 Å². The maximum Gasteiger partial charge on any atom is 0.191 e. The Labute approximate surface area is 179 Å². The molecule has 0 aliphatic carbocycles. The third-order valence-corrected chi connectivity index (χ3v) is 7.06. The van der Waals surface area contributed by atoms with E-state index in [1.807, 2.05) is 13.1 Å². The van der Waals surface area contributed by atoms with Crippen LogP contribution in [0.5, 0.6) is 0 Å². The Balaban J connectivity index is 1.36. The Kier molecular flexibility index (Phi) is 9.11. The largest absolute Gasteiger partial charge is 0.379 e. The summed E-state index contributed by atoms with van der Waals surface area (Å²) in [7, 11) is 1.84. The van der Waals surface area contributed by atoms with Crippen LogP contribution in [-0.4, -0.2) is 81.0 Å². The van der Waals surface area contributed by atoms with Crippen LogP contribution in [-0.2, 0) is 9.47 Å². The number of guanidine groups is 1. The Morgan fingerprint density at radius 2 is 2.07 bits per heavy atom. The number of aliphatic imine (C=N–C) groups is 1. The Morgan fingerprint density at radius 1 is 1.28 bits per heavy atom. The summed E-state index contributed by atoms with van der Waals surface area (Å²) < 4.78 is 11.5. The standard InChI is InChI=1S/C22H36N4O2S/c1-19(20-7-4-3-5-8-20)28-13-6-10-24-21(23-2)25-17-22(9-16-29-18-22)26-11-14-27-15-12-26/h3-5,7-8,19H,6,9-18H2,1-2H3,(H2,23,24,25). The number of nitrogens with one attached hydrogen (secondary N) is 2. The molecule has 2 aliphatic rings. The molecule has 7 heteroatoms. The van der Waals surface area contributed by atoms with Crippen molar-refractivity contribution in [2.75, 3.05) is 64.6 Å². The smallest absolute Gasteiger partial charge is 0.191 e. The Hall–Kier alpha value is -1.28. The summed E-state index contributed by atoms with van der Waals surface area (Å²) >= 11 is 2.06. The molecule has 2 atom stereocenters. The van der Waals surface area contributed by atoms with Gasteiger partial charge in [-0.05, 0) is 31.1 Å². The predicted molar refractivity (Wildman–Crippen MR) is 122 cm³/mol. The monoisotopic (exact) mass is 420 g/mol. The molecule has 2 unspecified atom stereocenters. The van der Waals surface area contributed by atoms with Gasteiger partial charge in [0.05, 0.1) is 19.3 Å². The van der Waals surface area contributed by atoms with Crippen molar-refractivity contribution in [1.29, 1.82) is 0 Å². The SMILES string of the molecule is CN=C(NCCCOC(C)c1ccccc1)NCC1(N2CCOCC2)CCSC1. The van der Waals surface area contributed by atoms with Gasteiger partial charge in [-0.25, -0.2) is 0 Å². The highest BCUT2D eigenvalue weighted by Gasteiger charge is 2.40. The number of morpholine rings is 1. The van der Waals surface area contributed by atoms with Crippen LogP contribution in [0.15, 0.2) is 35.3 Å². The first-order valence-electron chi connectivity index (χ1n) is 10.8. The van der Waals surface area contributed by atoms with Gasteiger partial charge in [0.25, 0.3) is 0 Å². The van der Waals surface area contributed by atoms with Crippen molar-refractivity contribution in [3.8, 4) is 0 Å². The van der Waals surface area contributed by atoms with Gasteiger partial charge in [0, 0.05) is 51.1 Å². The van der Waals surface area contributed by atoms with Crippen molar-refractivity contribution in [3.63, 3.8) is 0 Å². The van der Waals surface area contributed by atoms with Crippen LogP contribution >= 0.6 is 11.8 Å². The summed E-state index contributed by atoms with van der Waals surface area (Å²) in [6.45, 7) is 8.38. The van der Waals surface area contributed by atoms with Crippen molar-refractivity contribution < 1.29 is 9.47 Å². The van der Waals surface area contributed by atoms with Crippen molar-refractivity contribution in [2.45, 2.75) is 31.4 Å². The van der Waals surface area contributed by atoms with Gasteiger partial charge in [0.1, 0.15) is 0 Å². The zero-order chi connectivity index (χ0) is 20.4. The fourth-order valence-corrected chi connectivity index (χ4v) is 5.44. The Morgan fingerprint density at radius 3 is 2.76 bits per heavy atom. The molecule has 6 nitrogen and oxygen atoms in total. The molecule has 2 fully saturated rings. The van der Waals surface area contributed by atoms with E-state index in [4.69, 9.17) is 9.47 Å². The third-order valence-electron chi connectivity index (χ3n) is 5.82. The van der Waals surface area contributed by atoms with Crippen LogP contribution in [0, 0.1) is 0 Å². The molecule has 0 aromatic heterocycles. The maximum absolute atomic E-state index is 5.96. The molecule has 29 heavy (non-hydrogen) atoms. The summed E-state index contributed by atoms with van der Waals surface area (Å²) in [5.41, 5.74) is 1.45. The quantitative estimate of drug-likeness (QED) is 0.364. The Bertz CT molecular complexity index is 616. The lowest BCUT2D eigenvalue weighted by Gasteiger charge is -2.43. The zero-order valence-corrected chi connectivity index (χ0v) is 18.7. The lowest BCUT2D eigenvalue weighted by atomic mass is 9.95. The van der Waals surface area contributed by atoms with E-state index in [0.29, 0.717) is 0 Å². The second kappa shape index (κ2) is 11.8. The topological polar surface area (TPSA) is 58.1 Å². The molecule has 1 aromatic carbocycles. The average Bonchev–Trinajstić information content (AvgIpc) is 3.27. The fraction of sp³-hybridized carbons (Fsp3) is 0.682. The molecule has 2 N–H and O–H groups in total. The lowest BCUT2D eigenvalue weighted by Crippen LogP contribution is -2.60. The van der Waals surface area contributed by atoms with Crippen molar-refractivity contribution in [1.82, 2.24) is 15.5 Å². The van der Waals surface area contributed by atoms with Crippen LogP contribution in [0.25, 0.3) is 0 Å². The van der Waals surface area contributed by atoms with E-state index in [1.54, 1.807) is 0 Å². The highest BCUT2D eigenvalue weighted by Crippen LogP contribution is 2.33. The van der Waals surface area contributed by atoms with Gasteiger partial charge in [0.2, 0.25) is 0 Å². The van der Waals surface area contributed by atoms with Gasteiger partial charge in [-0.2, -0.15) is 11.8 Å². The summed E-state index contributed by atoms with van der Waals surface area (Å²) in [4.78, 5) is 7.03. The number of hydrogen-bond acceptors (Lipinski definition) is 5. The van der Waals surface area contributed by atoms with Gasteiger partial charge in [0.15, 0.2) is 5.96 Å². The molecule has 0 radical (unpaired) electrons. The van der Waals surface area contributed by atoms with Crippen LogP contribution in [0.3, 0.4) is 0 Å². The second-order valence-electron chi connectivity index (χ2n) is 7.76. The van der Waals surface area contributed by atoms with Crippen LogP contribution in [0.1, 0.15) is 31.4 Å². The van der Waals surface area contributed by atoms with Gasteiger partial charge in [-0.1, -0.05) is 30.3 Å². The van der Waals surface area contributed by atoms with Crippen LogP contribution in [0.2, 0.25) is 0 Å². The molecule has 2 heterocycles. The highest BCUT2D eigenvalue weighted by molar-refractivity contribution is 7.99. The fourth-order valence-electron chi connectivity index (χ4n) is 3.96. The minimum atomic E-state index is 0.127. The lowest BCUT2D eigenvalue weighted by molar-refractivity contribution is -0.0120. The predicted octanol–water partition coefficient (Wildman–Crippen LogP) is 2.53. The van der Waals surface area contributed by atoms with E-state index in [2.05, 4.69) is 63.5 Å². The van der Waals surface area contributed by atoms with Crippen molar-refractivity contribution >= 4 is 17.7 Å². The van der Waals surface area contributed by atoms with Crippen molar-refractivity contribution in [2.24, 2.45) is 4.99 Å². The molecular formula is C22H36N4O2S. The van der Waals surface area contributed by atoms with E-state index >= 15 is 0 Å². The molecule has 0 saturated carbocycles. The summed E-state index contributed by atoms with van der Waals surface area (Å²) in [5, 5.41) is 7.01. The molecule has 162 valence electrons. The highest BCUT2D eigenvalue weighted by atomic mass is 32.2. The summed E-state index contributed by atoms with van der Waals surface area (Å²) in [6, 6.07) is 10.4. The average molecular weight is 421 g/mol. The second-order valence-corrected chi connectivity index (χ2v) is 8.86. The molecule has 3 rings (SSSR count). The number of ether oxygens (including phenoxy) is 2. The first-order chi connectivity index (χ1) is 14.2. The molecule has 0 spiro atoms. The minimum absolute atomic E-state index is 0.127. The van der Waals surface area contributed by atoms with E-state index in [1.165, 1.54) is 23.5 Å². The third kappa shape index (κ3) is 6.60. The molecule has 0 bridgehead atoms. The number of thioether (sulfide) groups is 1. The van der Waals surface area contributed by atoms with E-state index < -0.39 is 0 Å². The van der Waals surface area contributed by atoms with Gasteiger partial charge in [-0.15, -0.1) is 0 Å². The van der Waals surface area contributed by atoms with Crippen molar-refractivity contribution in [3.05, 3.63) is 35.9 Å². The molecular weight excluding hydrogens is 384 g/mol. The van der Waals surface area contributed by atoms with Gasteiger partial charge >= 0.3 is 0 Å². The molecule has 2 aliphatic heterocycles. The number of nitrogens with zero attached hydrogens (tertiary/aromatic N) is 2. The van der Waals surface area contributed by atoms with E-state index in [9.17, 15) is 0 Å². The molecule has 1 aromatic rings. The van der Waals surface area contributed by atoms with Gasteiger partial charge < -0.3 is 20.1 Å². The van der Waals surface area contributed by atoms with Crippen LogP contribution in [0.4, 0.5) is 0 Å². The maximum atomic E-state index is 5.96.